The molecule has 2 rings (SSSR count). The lowest BCUT2D eigenvalue weighted by molar-refractivity contribution is 0.350. The Balaban J connectivity index is 2.25. The molecule has 2 aromatic rings. The highest BCUT2D eigenvalue weighted by atomic mass is 79.9. The number of pyridine rings is 1. The van der Waals surface area contributed by atoms with E-state index in [2.05, 4.69) is 26.2 Å². The summed E-state index contributed by atoms with van der Waals surface area (Å²) >= 11 is 15.7. The van der Waals surface area contributed by atoms with Crippen LogP contribution in [0, 0.1) is 0 Å². The molecule has 0 aliphatic carbocycles. The summed E-state index contributed by atoms with van der Waals surface area (Å²) in [5.74, 6) is 1.20. The van der Waals surface area contributed by atoms with Crippen molar-refractivity contribution in [2.24, 2.45) is 0 Å². The topological polar surface area (TPSA) is 43.4 Å². The van der Waals surface area contributed by atoms with Gasteiger partial charge in [-0.05, 0) is 12.1 Å². The third-order valence-electron chi connectivity index (χ3n) is 2.81. The fourth-order valence-electron chi connectivity index (χ4n) is 1.86. The third kappa shape index (κ3) is 3.73. The minimum absolute atomic E-state index is 0.404. The molecule has 0 aliphatic rings. The molecule has 7 heteroatoms. The van der Waals surface area contributed by atoms with Crippen LogP contribution in [0.5, 0.6) is 11.5 Å². The van der Waals surface area contributed by atoms with Gasteiger partial charge in [0.1, 0.15) is 5.69 Å². The first-order valence-corrected chi connectivity index (χ1v) is 7.56. The first-order valence-electron chi connectivity index (χ1n) is 6.01. The third-order valence-corrected chi connectivity index (χ3v) is 3.86. The molecule has 0 saturated heterocycles. The van der Waals surface area contributed by atoms with Crippen LogP contribution < -0.4 is 14.8 Å². The van der Waals surface area contributed by atoms with Gasteiger partial charge in [0, 0.05) is 16.7 Å². The van der Waals surface area contributed by atoms with Gasteiger partial charge in [-0.2, -0.15) is 0 Å². The van der Waals surface area contributed by atoms with Crippen molar-refractivity contribution in [2.45, 2.75) is 6.54 Å². The summed E-state index contributed by atoms with van der Waals surface area (Å²) in [4.78, 5) is 4.29. The van der Waals surface area contributed by atoms with Crippen LogP contribution >= 0.6 is 39.1 Å². The molecule has 0 fully saturated rings. The van der Waals surface area contributed by atoms with Crippen LogP contribution in [0.25, 0.3) is 0 Å². The summed E-state index contributed by atoms with van der Waals surface area (Å²) in [6.07, 6.45) is 1.66. The largest absolute Gasteiger partial charge is 0.493 e. The molecular formula is C14H13BrCl2N2O2. The summed E-state index contributed by atoms with van der Waals surface area (Å²) in [7, 11) is 3.15. The molecule has 1 aromatic heterocycles. The zero-order chi connectivity index (χ0) is 15.4. The van der Waals surface area contributed by atoms with Gasteiger partial charge in [-0.15, -0.1) is 0 Å². The molecule has 1 N–H and O–H groups in total. The first-order chi connectivity index (χ1) is 10.1. The van der Waals surface area contributed by atoms with E-state index < -0.39 is 0 Å². The van der Waals surface area contributed by atoms with E-state index >= 15 is 0 Å². The van der Waals surface area contributed by atoms with Crippen molar-refractivity contribution in [2.75, 3.05) is 19.5 Å². The zero-order valence-electron chi connectivity index (χ0n) is 11.4. The Labute approximate surface area is 141 Å². The quantitative estimate of drug-likeness (QED) is 0.796. The molecule has 112 valence electrons. The van der Waals surface area contributed by atoms with Crippen LogP contribution in [0.4, 0.5) is 5.69 Å². The standard InChI is InChI=1S/C14H13BrCl2N2O2/c1-20-12-3-4-18-11(14(12)21-2)7-19-13-9(16)5-8(15)6-10(13)17/h3-6,19H,7H2,1-2H3. The molecule has 0 unspecified atom stereocenters. The van der Waals surface area contributed by atoms with Gasteiger partial charge in [-0.25, -0.2) is 0 Å². The molecule has 21 heavy (non-hydrogen) atoms. The average Bonchev–Trinajstić information content (AvgIpc) is 2.45. The van der Waals surface area contributed by atoms with Crippen LogP contribution in [0.15, 0.2) is 28.9 Å². The highest BCUT2D eigenvalue weighted by Gasteiger charge is 2.13. The summed E-state index contributed by atoms with van der Waals surface area (Å²) in [5, 5.41) is 4.22. The SMILES string of the molecule is COc1ccnc(CNc2c(Cl)cc(Br)cc2Cl)c1OC. The second kappa shape index (κ2) is 7.20. The summed E-state index contributed by atoms with van der Waals surface area (Å²) < 4.78 is 11.4. The van der Waals surface area contributed by atoms with E-state index in [-0.39, 0.29) is 0 Å². The van der Waals surface area contributed by atoms with Gasteiger partial charge in [-0.3, -0.25) is 4.98 Å². The lowest BCUT2D eigenvalue weighted by Gasteiger charge is -2.14. The second-order valence-corrected chi connectivity index (χ2v) is 5.82. The number of anilines is 1. The van der Waals surface area contributed by atoms with E-state index in [1.165, 1.54) is 0 Å². The molecule has 0 saturated carbocycles. The minimum atomic E-state index is 0.404. The summed E-state index contributed by atoms with van der Waals surface area (Å²) in [6, 6.07) is 5.28. The fraction of sp³-hybridized carbons (Fsp3) is 0.214. The van der Waals surface area contributed by atoms with Crippen molar-refractivity contribution in [3.8, 4) is 11.5 Å². The Hall–Kier alpha value is -1.17. The van der Waals surface area contributed by atoms with E-state index in [1.54, 1.807) is 38.6 Å². The molecule has 0 amide bonds. The van der Waals surface area contributed by atoms with E-state index in [9.17, 15) is 0 Å². The van der Waals surface area contributed by atoms with Gasteiger partial charge in [0.05, 0.1) is 36.5 Å². The van der Waals surface area contributed by atoms with Gasteiger partial charge in [0.25, 0.3) is 0 Å². The van der Waals surface area contributed by atoms with Crippen molar-refractivity contribution < 1.29 is 9.47 Å². The summed E-state index contributed by atoms with van der Waals surface area (Å²) in [6.45, 7) is 0.404. The number of hydrogen-bond acceptors (Lipinski definition) is 4. The maximum Gasteiger partial charge on any atom is 0.184 e. The molecule has 0 bridgehead atoms. The van der Waals surface area contributed by atoms with E-state index in [0.717, 1.165) is 4.47 Å². The van der Waals surface area contributed by atoms with Crippen LogP contribution in [0.1, 0.15) is 5.69 Å². The Kier molecular flexibility index (Phi) is 5.56. The fourth-order valence-corrected chi connectivity index (χ4v) is 3.20. The molecule has 0 atom stereocenters. The number of aromatic nitrogens is 1. The van der Waals surface area contributed by atoms with Crippen molar-refractivity contribution >= 4 is 44.8 Å². The van der Waals surface area contributed by atoms with Gasteiger partial charge in [-0.1, -0.05) is 39.1 Å². The van der Waals surface area contributed by atoms with Gasteiger partial charge >= 0.3 is 0 Å². The van der Waals surface area contributed by atoms with Crippen molar-refractivity contribution in [3.63, 3.8) is 0 Å². The predicted octanol–water partition coefficient (Wildman–Crippen LogP) is 4.78. The monoisotopic (exact) mass is 390 g/mol. The molecule has 0 spiro atoms. The van der Waals surface area contributed by atoms with Gasteiger partial charge in [0.15, 0.2) is 11.5 Å². The first kappa shape index (κ1) is 16.2. The number of benzene rings is 1. The van der Waals surface area contributed by atoms with E-state index in [4.69, 9.17) is 32.7 Å². The number of nitrogens with zero attached hydrogens (tertiary/aromatic N) is 1. The summed E-state index contributed by atoms with van der Waals surface area (Å²) in [5.41, 5.74) is 1.35. The normalized spacial score (nSPS) is 10.3. The number of nitrogens with one attached hydrogen (secondary N) is 1. The van der Waals surface area contributed by atoms with Crippen LogP contribution in [0.3, 0.4) is 0 Å². The van der Waals surface area contributed by atoms with Crippen molar-refractivity contribution in [1.82, 2.24) is 4.98 Å². The van der Waals surface area contributed by atoms with Crippen molar-refractivity contribution in [1.29, 1.82) is 0 Å². The highest BCUT2D eigenvalue weighted by molar-refractivity contribution is 9.10. The Morgan fingerprint density at radius 1 is 1.19 bits per heavy atom. The number of halogens is 3. The van der Waals surface area contributed by atoms with E-state index in [1.807, 2.05) is 0 Å². The molecule has 0 radical (unpaired) electrons. The lowest BCUT2D eigenvalue weighted by atomic mass is 10.2. The Morgan fingerprint density at radius 3 is 2.43 bits per heavy atom. The number of ether oxygens (including phenoxy) is 2. The second-order valence-electron chi connectivity index (χ2n) is 4.09. The average molecular weight is 392 g/mol. The maximum absolute atomic E-state index is 6.18. The van der Waals surface area contributed by atoms with E-state index in [0.29, 0.717) is 39.5 Å². The minimum Gasteiger partial charge on any atom is -0.493 e. The van der Waals surface area contributed by atoms with Gasteiger partial charge < -0.3 is 14.8 Å². The maximum atomic E-state index is 6.18. The number of methoxy groups -OCH3 is 2. The number of hydrogen-bond donors (Lipinski definition) is 1. The van der Waals surface area contributed by atoms with Gasteiger partial charge in [0.2, 0.25) is 0 Å². The smallest absolute Gasteiger partial charge is 0.184 e. The molecular weight excluding hydrogens is 379 g/mol. The Morgan fingerprint density at radius 2 is 1.86 bits per heavy atom. The number of rotatable bonds is 5. The molecule has 4 nitrogen and oxygen atoms in total. The van der Waals surface area contributed by atoms with Crippen LogP contribution in [-0.2, 0) is 6.54 Å². The van der Waals surface area contributed by atoms with Crippen LogP contribution in [-0.4, -0.2) is 19.2 Å². The molecule has 1 heterocycles. The lowest BCUT2D eigenvalue weighted by Crippen LogP contribution is -2.06. The van der Waals surface area contributed by atoms with Crippen molar-refractivity contribution in [3.05, 3.63) is 44.6 Å². The molecule has 1 aromatic carbocycles. The predicted molar refractivity (Wildman–Crippen MR) is 88.8 cm³/mol. The Bertz CT molecular complexity index is 630. The zero-order valence-corrected chi connectivity index (χ0v) is 14.5. The van der Waals surface area contributed by atoms with Crippen LogP contribution in [0.2, 0.25) is 10.0 Å². The highest BCUT2D eigenvalue weighted by Crippen LogP contribution is 2.35. The molecule has 0 aliphatic heterocycles.